The molecule has 0 saturated carbocycles. The number of nitrogens with zero attached hydrogens (tertiary/aromatic N) is 2. The van der Waals surface area contributed by atoms with Gasteiger partial charge in [0.25, 0.3) is 5.91 Å². The molecule has 0 spiro atoms. The highest BCUT2D eigenvalue weighted by atomic mass is 16.7. The Bertz CT molecular complexity index is 1070. The summed E-state index contributed by atoms with van der Waals surface area (Å²) in [5.41, 5.74) is 1.62. The van der Waals surface area contributed by atoms with Crippen LogP contribution in [0.4, 0.5) is 11.4 Å². The Morgan fingerprint density at radius 1 is 0.972 bits per heavy atom. The van der Waals surface area contributed by atoms with E-state index < -0.39 is 6.04 Å². The molecule has 3 aliphatic rings. The first kappa shape index (κ1) is 24.4. The number of fused-ring (bicyclic) bond motifs is 1. The maximum atomic E-state index is 13.2. The molecule has 5 rings (SSSR count). The number of ether oxygens (including phenoxy) is 3. The largest absolute Gasteiger partial charge is 0.494 e. The van der Waals surface area contributed by atoms with Gasteiger partial charge < -0.3 is 19.5 Å². The summed E-state index contributed by atoms with van der Waals surface area (Å²) in [5.74, 6) is 2.03. The van der Waals surface area contributed by atoms with Gasteiger partial charge >= 0.3 is 0 Å². The van der Waals surface area contributed by atoms with Crippen molar-refractivity contribution in [1.82, 2.24) is 4.90 Å². The smallest absolute Gasteiger partial charge is 0.251 e. The van der Waals surface area contributed by atoms with Gasteiger partial charge in [-0.1, -0.05) is 26.2 Å². The second-order valence-corrected chi connectivity index (χ2v) is 9.71. The molecule has 192 valence electrons. The van der Waals surface area contributed by atoms with Gasteiger partial charge in [0, 0.05) is 30.9 Å². The van der Waals surface area contributed by atoms with Gasteiger partial charge in [0.15, 0.2) is 11.5 Å². The van der Waals surface area contributed by atoms with Gasteiger partial charge in [0.2, 0.25) is 12.7 Å². The van der Waals surface area contributed by atoms with Gasteiger partial charge in [-0.3, -0.25) is 14.5 Å². The van der Waals surface area contributed by atoms with Crippen LogP contribution >= 0.6 is 0 Å². The number of imide groups is 1. The summed E-state index contributed by atoms with van der Waals surface area (Å²) >= 11 is 0. The monoisotopic (exact) mass is 493 g/mol. The summed E-state index contributed by atoms with van der Waals surface area (Å²) in [4.78, 5) is 29.6. The van der Waals surface area contributed by atoms with Crippen molar-refractivity contribution in [2.75, 3.05) is 36.7 Å². The van der Waals surface area contributed by atoms with Crippen LogP contribution in [0.3, 0.4) is 0 Å². The van der Waals surface area contributed by atoms with E-state index in [0.717, 1.165) is 55.3 Å². The lowest BCUT2D eigenvalue weighted by Crippen LogP contribution is -2.48. The van der Waals surface area contributed by atoms with E-state index in [1.165, 1.54) is 24.2 Å². The predicted molar refractivity (Wildman–Crippen MR) is 138 cm³/mol. The molecule has 3 heterocycles. The summed E-state index contributed by atoms with van der Waals surface area (Å²) in [5, 5.41) is 3.57. The first-order valence-corrected chi connectivity index (χ1v) is 13.1. The lowest BCUT2D eigenvalue weighted by atomic mass is 10.0. The minimum absolute atomic E-state index is 0.129. The number of hydrogen-bond donors (Lipinski definition) is 1. The fourth-order valence-corrected chi connectivity index (χ4v) is 5.16. The number of likely N-dealkylation sites (tertiary alicyclic amines) is 1. The summed E-state index contributed by atoms with van der Waals surface area (Å²) in [6, 6.07) is 13.1. The highest BCUT2D eigenvalue weighted by molar-refractivity contribution is 6.22. The van der Waals surface area contributed by atoms with E-state index in [0.29, 0.717) is 18.3 Å². The van der Waals surface area contributed by atoms with Gasteiger partial charge in [-0.2, -0.15) is 0 Å². The van der Waals surface area contributed by atoms with Gasteiger partial charge in [-0.15, -0.1) is 0 Å². The van der Waals surface area contributed by atoms with E-state index in [2.05, 4.69) is 17.1 Å². The predicted octanol–water partition coefficient (Wildman–Crippen LogP) is 4.58. The topological polar surface area (TPSA) is 80.3 Å². The molecule has 1 atom stereocenters. The van der Waals surface area contributed by atoms with E-state index >= 15 is 0 Å². The number of carbonyl (C=O) groups excluding carboxylic acids is 2. The Hall–Kier alpha value is -3.26. The molecule has 2 aromatic rings. The van der Waals surface area contributed by atoms with E-state index in [1.54, 1.807) is 12.1 Å². The number of carbonyl (C=O) groups is 2. The maximum absolute atomic E-state index is 13.2. The quantitative estimate of drug-likeness (QED) is 0.383. The third-order valence-corrected chi connectivity index (χ3v) is 7.20. The number of amides is 2. The van der Waals surface area contributed by atoms with Crippen LogP contribution in [0.2, 0.25) is 0 Å². The van der Waals surface area contributed by atoms with E-state index in [4.69, 9.17) is 14.2 Å². The highest BCUT2D eigenvalue weighted by Gasteiger charge is 2.43. The first-order valence-electron chi connectivity index (χ1n) is 13.1. The zero-order valence-corrected chi connectivity index (χ0v) is 20.9. The first-order chi connectivity index (χ1) is 17.6. The molecule has 3 aliphatic heterocycles. The van der Waals surface area contributed by atoms with Crippen LogP contribution in [0.25, 0.3) is 0 Å². The highest BCUT2D eigenvalue weighted by Crippen LogP contribution is 2.35. The van der Waals surface area contributed by atoms with Crippen molar-refractivity contribution in [1.29, 1.82) is 0 Å². The number of anilines is 2. The molecule has 2 amide bonds. The normalized spacial score (nSPS) is 20.2. The van der Waals surface area contributed by atoms with Gasteiger partial charge in [0.1, 0.15) is 5.75 Å². The second kappa shape index (κ2) is 11.2. The van der Waals surface area contributed by atoms with Crippen LogP contribution in [0.5, 0.6) is 17.2 Å². The molecule has 2 fully saturated rings. The van der Waals surface area contributed by atoms with Crippen LogP contribution in [-0.4, -0.2) is 55.3 Å². The standard InChI is InChI=1S/C28H35N3O5/c1-2-3-4-5-16-34-23-9-7-22(8-10-23)31-27(32)18-24(28(31)33)30-14-12-20(13-15-30)29-21-6-11-25-26(17-21)36-19-35-25/h6-11,17,20,24,29H,2-5,12-16,18-19H2,1H3. The zero-order chi connectivity index (χ0) is 24.9. The lowest BCUT2D eigenvalue weighted by molar-refractivity contribution is -0.123. The third kappa shape index (κ3) is 5.43. The Morgan fingerprint density at radius 2 is 1.75 bits per heavy atom. The number of nitrogens with one attached hydrogen (secondary N) is 1. The molecule has 0 aromatic heterocycles. The summed E-state index contributed by atoms with van der Waals surface area (Å²) in [6.07, 6.45) is 6.64. The van der Waals surface area contributed by atoms with Crippen molar-refractivity contribution >= 4 is 23.2 Å². The average molecular weight is 494 g/mol. The molecule has 2 aromatic carbocycles. The molecule has 1 N–H and O–H groups in total. The Balaban J connectivity index is 1.12. The number of hydrogen-bond acceptors (Lipinski definition) is 7. The lowest BCUT2D eigenvalue weighted by Gasteiger charge is -2.35. The molecule has 36 heavy (non-hydrogen) atoms. The zero-order valence-electron chi connectivity index (χ0n) is 20.9. The molecular weight excluding hydrogens is 458 g/mol. The fraction of sp³-hybridized carbons (Fsp3) is 0.500. The summed E-state index contributed by atoms with van der Waals surface area (Å²) in [6.45, 7) is 4.67. The Labute approximate surface area is 212 Å². The van der Waals surface area contributed by atoms with Crippen molar-refractivity contribution in [2.45, 2.75) is 64.0 Å². The molecule has 8 nitrogen and oxygen atoms in total. The summed E-state index contributed by atoms with van der Waals surface area (Å²) < 4.78 is 16.6. The molecule has 2 saturated heterocycles. The number of piperidine rings is 1. The van der Waals surface area contributed by atoms with E-state index in [1.807, 2.05) is 30.3 Å². The van der Waals surface area contributed by atoms with Crippen LogP contribution in [0.1, 0.15) is 51.9 Å². The van der Waals surface area contributed by atoms with Crippen LogP contribution in [0.15, 0.2) is 42.5 Å². The molecular formula is C28H35N3O5. The van der Waals surface area contributed by atoms with Gasteiger partial charge in [0.05, 0.1) is 24.8 Å². The Kier molecular flexibility index (Phi) is 7.60. The van der Waals surface area contributed by atoms with Crippen molar-refractivity contribution in [3.05, 3.63) is 42.5 Å². The SMILES string of the molecule is CCCCCCOc1ccc(N2C(=O)CC(N3CCC(Nc4ccc5c(c4)OCO5)CC3)C2=O)cc1. The van der Waals surface area contributed by atoms with E-state index in [-0.39, 0.29) is 25.0 Å². The molecule has 1 unspecified atom stereocenters. The number of unbranched alkanes of at least 4 members (excludes halogenated alkanes) is 3. The molecule has 0 aliphatic carbocycles. The second-order valence-electron chi connectivity index (χ2n) is 9.71. The van der Waals surface area contributed by atoms with Gasteiger partial charge in [-0.25, -0.2) is 4.90 Å². The molecule has 0 bridgehead atoms. The van der Waals surface area contributed by atoms with Crippen molar-refractivity contribution in [2.24, 2.45) is 0 Å². The van der Waals surface area contributed by atoms with Crippen LogP contribution in [-0.2, 0) is 9.59 Å². The van der Waals surface area contributed by atoms with Crippen molar-refractivity contribution in [3.8, 4) is 17.2 Å². The average Bonchev–Trinajstić information content (AvgIpc) is 3.48. The molecule has 0 radical (unpaired) electrons. The van der Waals surface area contributed by atoms with Crippen LogP contribution < -0.4 is 24.4 Å². The fourth-order valence-electron chi connectivity index (χ4n) is 5.16. The minimum Gasteiger partial charge on any atom is -0.494 e. The van der Waals surface area contributed by atoms with Crippen LogP contribution in [0, 0.1) is 0 Å². The number of benzene rings is 2. The van der Waals surface area contributed by atoms with E-state index in [9.17, 15) is 9.59 Å². The van der Waals surface area contributed by atoms with Crippen molar-refractivity contribution < 1.29 is 23.8 Å². The van der Waals surface area contributed by atoms with Crippen molar-refractivity contribution in [3.63, 3.8) is 0 Å². The maximum Gasteiger partial charge on any atom is 0.251 e. The Morgan fingerprint density at radius 3 is 2.53 bits per heavy atom. The molecule has 8 heteroatoms. The number of rotatable bonds is 10. The third-order valence-electron chi connectivity index (χ3n) is 7.20. The summed E-state index contributed by atoms with van der Waals surface area (Å²) in [7, 11) is 0. The minimum atomic E-state index is -0.390. The van der Waals surface area contributed by atoms with Gasteiger partial charge in [-0.05, 0) is 55.7 Å².